The summed E-state index contributed by atoms with van der Waals surface area (Å²) < 4.78 is 27.1. The molecule has 0 aliphatic carbocycles. The van der Waals surface area contributed by atoms with Crippen molar-refractivity contribution in [3.05, 3.63) is 33.7 Å². The van der Waals surface area contributed by atoms with Gasteiger partial charge in [-0.2, -0.15) is 4.98 Å². The Labute approximate surface area is 187 Å². The molecule has 168 valence electrons. The minimum atomic E-state index is -2.62. The summed E-state index contributed by atoms with van der Waals surface area (Å²) in [6, 6.07) is 2.10. The first-order valence-electron chi connectivity index (χ1n) is 10.6. The van der Waals surface area contributed by atoms with E-state index < -0.39 is 6.43 Å². The summed E-state index contributed by atoms with van der Waals surface area (Å²) in [4.78, 5) is 36.0. The van der Waals surface area contributed by atoms with Crippen LogP contribution < -0.4 is 15.1 Å². The van der Waals surface area contributed by atoms with E-state index in [4.69, 9.17) is 9.97 Å². The fourth-order valence-corrected chi connectivity index (χ4v) is 5.22. The van der Waals surface area contributed by atoms with E-state index in [2.05, 4.69) is 33.2 Å². The molecule has 8 nitrogen and oxygen atoms in total. The van der Waals surface area contributed by atoms with Crippen LogP contribution in [0.2, 0.25) is 0 Å². The zero-order chi connectivity index (χ0) is 22.4. The minimum Gasteiger partial charge on any atom is -0.353 e. The molecule has 0 saturated carbocycles. The number of amides is 1. The number of hydrogen-bond acceptors (Lipinski definition) is 8. The Bertz CT molecular complexity index is 1200. The lowest BCUT2D eigenvalue weighted by atomic mass is 10.0. The summed E-state index contributed by atoms with van der Waals surface area (Å²) in [5.74, 6) is 1.57. The predicted octanol–water partition coefficient (Wildman–Crippen LogP) is 2.79. The molecule has 0 unspecified atom stereocenters. The number of carbonyl (C=O) groups excluding carboxylic acids is 1. The van der Waals surface area contributed by atoms with Gasteiger partial charge in [-0.15, -0.1) is 11.3 Å². The van der Waals surface area contributed by atoms with Crippen molar-refractivity contribution < 1.29 is 13.6 Å². The molecule has 32 heavy (non-hydrogen) atoms. The number of nitrogens with one attached hydrogen (secondary N) is 1. The van der Waals surface area contributed by atoms with Gasteiger partial charge in [0.1, 0.15) is 22.2 Å². The van der Waals surface area contributed by atoms with Crippen LogP contribution in [-0.4, -0.2) is 52.0 Å². The summed E-state index contributed by atoms with van der Waals surface area (Å²) >= 11 is 1.62. The molecule has 0 aromatic carbocycles. The Balaban J connectivity index is 1.57. The van der Waals surface area contributed by atoms with Crippen molar-refractivity contribution in [1.29, 1.82) is 0 Å². The third-order valence-corrected chi connectivity index (χ3v) is 6.97. The number of hydrogen-bond donors (Lipinski definition) is 1. The third kappa shape index (κ3) is 3.74. The maximum absolute atomic E-state index is 13.5. The molecule has 5 heterocycles. The van der Waals surface area contributed by atoms with Crippen molar-refractivity contribution in [2.24, 2.45) is 0 Å². The molecule has 2 aliphatic heterocycles. The second-order valence-electron chi connectivity index (χ2n) is 7.96. The lowest BCUT2D eigenvalue weighted by Gasteiger charge is -2.32. The van der Waals surface area contributed by atoms with Gasteiger partial charge in [0.25, 0.3) is 6.43 Å². The average Bonchev–Trinajstić information content (AvgIpc) is 3.20. The van der Waals surface area contributed by atoms with Crippen LogP contribution in [0.4, 0.5) is 20.5 Å². The molecule has 5 rings (SSSR count). The van der Waals surface area contributed by atoms with Crippen molar-refractivity contribution in [1.82, 2.24) is 25.3 Å². The number of aryl methyl sites for hydroxylation is 2. The molecule has 3 aromatic heterocycles. The van der Waals surface area contributed by atoms with E-state index in [0.29, 0.717) is 55.6 Å². The number of piperazine rings is 1. The normalized spacial score (nSPS) is 16.6. The molecular weight excluding hydrogens is 436 g/mol. The van der Waals surface area contributed by atoms with E-state index in [0.717, 1.165) is 22.5 Å². The first-order valence-corrected chi connectivity index (χ1v) is 11.5. The van der Waals surface area contributed by atoms with Crippen LogP contribution in [0, 0.1) is 6.92 Å². The monoisotopic (exact) mass is 459 g/mol. The molecule has 11 heteroatoms. The van der Waals surface area contributed by atoms with Gasteiger partial charge >= 0.3 is 0 Å². The lowest BCUT2D eigenvalue weighted by molar-refractivity contribution is -0.120. The number of thiophene rings is 1. The maximum Gasteiger partial charge on any atom is 0.280 e. The number of nitrogens with zero attached hydrogens (tertiary/aromatic N) is 6. The topological polar surface area (TPSA) is 87.1 Å². The summed E-state index contributed by atoms with van der Waals surface area (Å²) in [7, 11) is 0. The minimum absolute atomic E-state index is 0.0551. The fraction of sp³-hybridized carbons (Fsp3) is 0.476. The number of anilines is 2. The zero-order valence-corrected chi connectivity index (χ0v) is 18.7. The Morgan fingerprint density at radius 3 is 2.75 bits per heavy atom. The standard InChI is InChI=1S/C21H23F2N7OS/c1-3-12-8-14-19(27-21(28-20(14)32-12)30-7-5-24-16(31)10-30)29-6-4-13-15(9-29)25-11(2)26-17(13)18(22)23/h8,18H,3-7,9-10H2,1-2H3,(H,24,31). The van der Waals surface area contributed by atoms with E-state index >= 15 is 0 Å². The van der Waals surface area contributed by atoms with Crippen LogP contribution in [0.3, 0.4) is 0 Å². The summed E-state index contributed by atoms with van der Waals surface area (Å²) in [6.45, 7) is 6.03. The highest BCUT2D eigenvalue weighted by Gasteiger charge is 2.29. The van der Waals surface area contributed by atoms with Crippen LogP contribution in [0.1, 0.15) is 41.0 Å². The van der Waals surface area contributed by atoms with Gasteiger partial charge in [0.2, 0.25) is 11.9 Å². The summed E-state index contributed by atoms with van der Waals surface area (Å²) in [6.07, 6.45) is -1.31. The Morgan fingerprint density at radius 1 is 1.16 bits per heavy atom. The van der Waals surface area contributed by atoms with E-state index in [1.807, 2.05) is 4.90 Å². The van der Waals surface area contributed by atoms with Crippen molar-refractivity contribution >= 4 is 39.2 Å². The Hall–Kier alpha value is -2.95. The van der Waals surface area contributed by atoms with E-state index in [1.165, 1.54) is 4.88 Å². The van der Waals surface area contributed by atoms with Crippen molar-refractivity contribution in [2.45, 2.75) is 39.7 Å². The van der Waals surface area contributed by atoms with Gasteiger partial charge in [-0.1, -0.05) is 6.92 Å². The molecular formula is C21H23F2N7OS. The largest absolute Gasteiger partial charge is 0.353 e. The number of alkyl halides is 2. The molecule has 1 amide bonds. The number of rotatable bonds is 4. The smallest absolute Gasteiger partial charge is 0.280 e. The number of carbonyl (C=O) groups is 1. The number of halogens is 2. The molecule has 0 atom stereocenters. The average molecular weight is 460 g/mol. The number of aromatic nitrogens is 4. The SMILES string of the molecule is CCc1cc2c(N3CCc4c(nc(C)nc4C(F)F)C3)nc(N3CCNC(=O)C3)nc2s1. The first-order chi connectivity index (χ1) is 15.4. The van der Waals surface area contributed by atoms with E-state index in [9.17, 15) is 13.6 Å². The summed E-state index contributed by atoms with van der Waals surface area (Å²) in [5.41, 5.74) is 0.999. The van der Waals surface area contributed by atoms with Crippen LogP contribution in [0.5, 0.6) is 0 Å². The highest BCUT2D eigenvalue weighted by molar-refractivity contribution is 7.18. The number of fused-ring (bicyclic) bond motifs is 2. The molecule has 0 bridgehead atoms. The van der Waals surface area contributed by atoms with Gasteiger partial charge in [-0.25, -0.2) is 23.7 Å². The molecule has 0 spiro atoms. The second-order valence-corrected chi connectivity index (χ2v) is 9.07. The fourth-order valence-electron chi connectivity index (χ4n) is 4.26. The Morgan fingerprint density at radius 2 is 2.00 bits per heavy atom. The molecule has 1 N–H and O–H groups in total. The highest BCUT2D eigenvalue weighted by atomic mass is 32.1. The van der Waals surface area contributed by atoms with Gasteiger partial charge in [0.15, 0.2) is 0 Å². The van der Waals surface area contributed by atoms with Gasteiger partial charge in [-0.05, 0) is 25.8 Å². The van der Waals surface area contributed by atoms with Gasteiger partial charge in [0.05, 0.1) is 24.2 Å². The van der Waals surface area contributed by atoms with Gasteiger partial charge in [-0.3, -0.25) is 4.79 Å². The van der Waals surface area contributed by atoms with E-state index in [-0.39, 0.29) is 18.1 Å². The third-order valence-electron chi connectivity index (χ3n) is 5.80. The van der Waals surface area contributed by atoms with Gasteiger partial charge in [0, 0.05) is 30.1 Å². The summed E-state index contributed by atoms with van der Waals surface area (Å²) in [5, 5.41) is 3.77. The highest BCUT2D eigenvalue weighted by Crippen LogP contribution is 2.36. The van der Waals surface area contributed by atoms with Crippen molar-refractivity contribution in [3.63, 3.8) is 0 Å². The predicted molar refractivity (Wildman–Crippen MR) is 118 cm³/mol. The van der Waals surface area contributed by atoms with Crippen molar-refractivity contribution in [2.75, 3.05) is 36.0 Å². The lowest BCUT2D eigenvalue weighted by Crippen LogP contribution is -2.48. The molecule has 0 radical (unpaired) electrons. The zero-order valence-electron chi connectivity index (χ0n) is 17.9. The van der Waals surface area contributed by atoms with Crippen LogP contribution in [0.15, 0.2) is 6.07 Å². The quantitative estimate of drug-likeness (QED) is 0.642. The molecule has 2 aliphatic rings. The first kappa shape index (κ1) is 20.9. The van der Waals surface area contributed by atoms with Crippen LogP contribution >= 0.6 is 11.3 Å². The second kappa shape index (κ2) is 8.19. The Kier molecular flexibility index (Phi) is 5.36. The van der Waals surface area contributed by atoms with Gasteiger partial charge < -0.3 is 15.1 Å². The molecule has 1 fully saturated rings. The molecule has 3 aromatic rings. The van der Waals surface area contributed by atoms with E-state index in [1.54, 1.807) is 18.3 Å². The maximum atomic E-state index is 13.5. The van der Waals surface area contributed by atoms with Crippen LogP contribution in [0.25, 0.3) is 10.2 Å². The molecule has 1 saturated heterocycles. The van der Waals surface area contributed by atoms with Crippen molar-refractivity contribution in [3.8, 4) is 0 Å². The van der Waals surface area contributed by atoms with Crippen LogP contribution in [-0.2, 0) is 24.2 Å².